The SMILES string of the molecule is CCCc1noc([C@@H](C)Sc2nnc(-c3cccnc3)n2-c2ccccc2C(C)C)n1. The lowest BCUT2D eigenvalue weighted by molar-refractivity contribution is 0.374. The van der Waals surface area contributed by atoms with Gasteiger partial charge in [-0.25, -0.2) is 0 Å². The highest BCUT2D eigenvalue weighted by molar-refractivity contribution is 7.99. The summed E-state index contributed by atoms with van der Waals surface area (Å²) in [5.74, 6) is 2.45. The molecule has 0 aliphatic heterocycles. The van der Waals surface area contributed by atoms with Crippen molar-refractivity contribution in [2.24, 2.45) is 0 Å². The molecule has 0 aliphatic rings. The van der Waals surface area contributed by atoms with Crippen LogP contribution in [0.2, 0.25) is 0 Å². The highest BCUT2D eigenvalue weighted by Gasteiger charge is 2.23. The minimum atomic E-state index is -0.0611. The summed E-state index contributed by atoms with van der Waals surface area (Å²) in [4.78, 5) is 8.81. The predicted octanol–water partition coefficient (Wildman–Crippen LogP) is 5.64. The van der Waals surface area contributed by atoms with Crippen LogP contribution >= 0.6 is 11.8 Å². The van der Waals surface area contributed by atoms with E-state index in [2.05, 4.69) is 68.9 Å². The number of para-hydroxylation sites is 1. The summed E-state index contributed by atoms with van der Waals surface area (Å²) < 4.78 is 7.61. The van der Waals surface area contributed by atoms with Crippen LogP contribution in [0.3, 0.4) is 0 Å². The van der Waals surface area contributed by atoms with Crippen molar-refractivity contribution >= 4 is 11.8 Å². The van der Waals surface area contributed by atoms with Crippen molar-refractivity contribution < 1.29 is 4.52 Å². The predicted molar refractivity (Wildman–Crippen MR) is 121 cm³/mol. The Balaban J connectivity index is 1.77. The number of hydrogen-bond acceptors (Lipinski definition) is 7. The summed E-state index contributed by atoms with van der Waals surface area (Å²) in [5, 5.41) is 13.9. The van der Waals surface area contributed by atoms with E-state index >= 15 is 0 Å². The molecule has 7 nitrogen and oxygen atoms in total. The molecule has 3 heterocycles. The molecule has 0 saturated heterocycles. The van der Waals surface area contributed by atoms with Gasteiger partial charge in [0.25, 0.3) is 0 Å². The first kappa shape index (κ1) is 21.2. The number of benzene rings is 1. The molecule has 4 rings (SSSR count). The van der Waals surface area contributed by atoms with E-state index in [1.54, 1.807) is 18.0 Å². The molecule has 0 radical (unpaired) electrons. The molecular formula is C23H26N6OS. The molecule has 0 bridgehead atoms. The van der Waals surface area contributed by atoms with Crippen molar-refractivity contribution in [3.05, 3.63) is 66.1 Å². The van der Waals surface area contributed by atoms with Crippen molar-refractivity contribution in [1.82, 2.24) is 29.9 Å². The van der Waals surface area contributed by atoms with Gasteiger partial charge in [0, 0.05) is 24.4 Å². The lowest BCUT2D eigenvalue weighted by Crippen LogP contribution is -2.05. The highest BCUT2D eigenvalue weighted by atomic mass is 32.2. The lowest BCUT2D eigenvalue weighted by Gasteiger charge is -2.17. The van der Waals surface area contributed by atoms with Crippen LogP contribution in [0.5, 0.6) is 0 Å². The molecule has 0 spiro atoms. The van der Waals surface area contributed by atoms with E-state index in [9.17, 15) is 0 Å². The van der Waals surface area contributed by atoms with Crippen LogP contribution in [-0.2, 0) is 6.42 Å². The second-order valence-electron chi connectivity index (χ2n) is 7.66. The van der Waals surface area contributed by atoms with Crippen LogP contribution in [0.25, 0.3) is 17.1 Å². The third kappa shape index (κ3) is 4.54. The summed E-state index contributed by atoms with van der Waals surface area (Å²) in [6.07, 6.45) is 5.36. The van der Waals surface area contributed by atoms with E-state index in [-0.39, 0.29) is 5.25 Å². The molecule has 0 unspecified atom stereocenters. The van der Waals surface area contributed by atoms with Gasteiger partial charge in [-0.1, -0.05) is 55.9 Å². The van der Waals surface area contributed by atoms with Crippen LogP contribution in [0.4, 0.5) is 0 Å². The van der Waals surface area contributed by atoms with E-state index in [4.69, 9.17) is 4.52 Å². The molecule has 0 fully saturated rings. The van der Waals surface area contributed by atoms with E-state index in [1.165, 1.54) is 5.56 Å². The van der Waals surface area contributed by atoms with Crippen molar-refractivity contribution in [1.29, 1.82) is 0 Å². The third-order valence-electron chi connectivity index (χ3n) is 4.94. The van der Waals surface area contributed by atoms with Gasteiger partial charge in [-0.15, -0.1) is 10.2 Å². The van der Waals surface area contributed by atoms with E-state index in [0.29, 0.717) is 11.8 Å². The number of thioether (sulfide) groups is 1. The first-order valence-corrected chi connectivity index (χ1v) is 11.4. The Labute approximate surface area is 186 Å². The normalized spacial score (nSPS) is 12.4. The molecule has 0 aliphatic carbocycles. The Morgan fingerprint density at radius 3 is 2.65 bits per heavy atom. The van der Waals surface area contributed by atoms with E-state index in [1.807, 2.05) is 31.3 Å². The Morgan fingerprint density at radius 2 is 1.90 bits per heavy atom. The van der Waals surface area contributed by atoms with Gasteiger partial charge >= 0.3 is 0 Å². The smallest absolute Gasteiger partial charge is 0.239 e. The third-order valence-corrected chi connectivity index (χ3v) is 5.97. The van der Waals surface area contributed by atoms with Gasteiger partial charge in [0.15, 0.2) is 16.8 Å². The topological polar surface area (TPSA) is 82.5 Å². The Bertz CT molecular complexity index is 1140. The zero-order chi connectivity index (χ0) is 21.8. The molecule has 0 saturated carbocycles. The zero-order valence-corrected chi connectivity index (χ0v) is 19.0. The molecule has 4 aromatic rings. The fourth-order valence-electron chi connectivity index (χ4n) is 3.39. The standard InChI is InChI=1S/C23H26N6OS/c1-5-9-20-25-22(30-28-20)16(4)31-23-27-26-21(17-10-8-13-24-14-17)29(23)19-12-7-6-11-18(19)15(2)3/h6-8,10-16H,5,9H2,1-4H3/t16-/m1/s1. The molecule has 0 amide bonds. The molecule has 1 atom stereocenters. The van der Waals surface area contributed by atoms with Gasteiger partial charge in [0.2, 0.25) is 5.89 Å². The summed E-state index contributed by atoms with van der Waals surface area (Å²) >= 11 is 1.56. The summed E-state index contributed by atoms with van der Waals surface area (Å²) in [6, 6.07) is 12.3. The minimum Gasteiger partial charge on any atom is -0.338 e. The van der Waals surface area contributed by atoms with Crippen LogP contribution < -0.4 is 0 Å². The maximum atomic E-state index is 5.50. The lowest BCUT2D eigenvalue weighted by atomic mass is 10.0. The second-order valence-corrected chi connectivity index (χ2v) is 8.96. The molecular weight excluding hydrogens is 408 g/mol. The zero-order valence-electron chi connectivity index (χ0n) is 18.2. The number of aromatic nitrogens is 6. The summed E-state index contributed by atoms with van der Waals surface area (Å²) in [7, 11) is 0. The van der Waals surface area contributed by atoms with Crippen molar-refractivity contribution in [3.63, 3.8) is 0 Å². The van der Waals surface area contributed by atoms with Gasteiger partial charge in [-0.2, -0.15) is 4.98 Å². The monoisotopic (exact) mass is 434 g/mol. The number of pyridine rings is 1. The molecule has 31 heavy (non-hydrogen) atoms. The number of hydrogen-bond donors (Lipinski definition) is 0. The molecule has 1 aromatic carbocycles. The fraction of sp³-hybridized carbons (Fsp3) is 0.348. The molecule has 3 aromatic heterocycles. The average Bonchev–Trinajstić information content (AvgIpc) is 3.42. The van der Waals surface area contributed by atoms with Crippen molar-refractivity contribution in [2.75, 3.05) is 0 Å². The van der Waals surface area contributed by atoms with Crippen LogP contribution in [0, 0.1) is 0 Å². The quantitative estimate of drug-likeness (QED) is 0.332. The second kappa shape index (κ2) is 9.43. The first-order chi connectivity index (χ1) is 15.1. The van der Waals surface area contributed by atoms with Crippen molar-refractivity contribution in [2.45, 2.75) is 56.9 Å². The number of rotatable bonds is 8. The number of nitrogens with zero attached hydrogens (tertiary/aromatic N) is 6. The summed E-state index contributed by atoms with van der Waals surface area (Å²) in [6.45, 7) is 8.53. The maximum absolute atomic E-state index is 5.50. The first-order valence-electron chi connectivity index (χ1n) is 10.5. The molecule has 8 heteroatoms. The van der Waals surface area contributed by atoms with Crippen LogP contribution in [-0.4, -0.2) is 29.9 Å². The Morgan fingerprint density at radius 1 is 1.06 bits per heavy atom. The van der Waals surface area contributed by atoms with Gasteiger partial charge in [0.1, 0.15) is 0 Å². The van der Waals surface area contributed by atoms with Gasteiger partial charge < -0.3 is 4.52 Å². The Hall–Kier alpha value is -3.00. The van der Waals surface area contributed by atoms with Gasteiger partial charge in [-0.05, 0) is 43.0 Å². The number of aryl methyl sites for hydroxylation is 1. The van der Waals surface area contributed by atoms with Crippen LogP contribution in [0.1, 0.15) is 62.6 Å². The van der Waals surface area contributed by atoms with Crippen molar-refractivity contribution in [3.8, 4) is 17.1 Å². The highest BCUT2D eigenvalue weighted by Crippen LogP contribution is 2.37. The van der Waals surface area contributed by atoms with E-state index < -0.39 is 0 Å². The molecule has 160 valence electrons. The largest absolute Gasteiger partial charge is 0.338 e. The summed E-state index contributed by atoms with van der Waals surface area (Å²) in [5.41, 5.74) is 3.20. The van der Waals surface area contributed by atoms with E-state index in [0.717, 1.165) is 40.9 Å². The molecule has 0 N–H and O–H groups in total. The average molecular weight is 435 g/mol. The van der Waals surface area contributed by atoms with Gasteiger partial charge in [0.05, 0.1) is 10.9 Å². The fourth-order valence-corrected chi connectivity index (χ4v) is 4.28. The maximum Gasteiger partial charge on any atom is 0.239 e. The Kier molecular flexibility index (Phi) is 6.46. The minimum absolute atomic E-state index is 0.0611. The van der Waals surface area contributed by atoms with Gasteiger partial charge in [-0.3, -0.25) is 9.55 Å². The van der Waals surface area contributed by atoms with Crippen LogP contribution in [0.15, 0.2) is 58.5 Å².